The zero-order valence-corrected chi connectivity index (χ0v) is 16.2. The van der Waals surface area contributed by atoms with Gasteiger partial charge in [0, 0.05) is 28.8 Å². The highest BCUT2D eigenvalue weighted by Crippen LogP contribution is 2.40. The van der Waals surface area contributed by atoms with Crippen molar-refractivity contribution in [2.24, 2.45) is 5.84 Å². The third-order valence-electron chi connectivity index (χ3n) is 4.99. The number of hydrogen-bond acceptors (Lipinski definition) is 5. The number of nitro groups is 1. The molecule has 0 fully saturated rings. The first-order valence-electron chi connectivity index (χ1n) is 9.25. The van der Waals surface area contributed by atoms with Gasteiger partial charge in [-0.3, -0.25) is 15.5 Å². The normalized spacial score (nSPS) is 14.8. The van der Waals surface area contributed by atoms with Crippen LogP contribution in [0.4, 0.5) is 13.2 Å². The summed E-state index contributed by atoms with van der Waals surface area (Å²) in [6, 6.07) is 12.7. The van der Waals surface area contributed by atoms with Crippen molar-refractivity contribution in [3.63, 3.8) is 0 Å². The molecule has 1 heterocycles. The van der Waals surface area contributed by atoms with Crippen molar-refractivity contribution in [2.45, 2.75) is 6.10 Å². The molecule has 1 aliphatic rings. The number of ether oxygens (including phenoxy) is 1. The zero-order chi connectivity index (χ0) is 23.0. The van der Waals surface area contributed by atoms with Gasteiger partial charge in [0.05, 0.1) is 4.92 Å². The largest absolute Gasteiger partial charge is 0.474 e. The third kappa shape index (κ3) is 3.79. The lowest BCUT2D eigenvalue weighted by atomic mass is 9.96. The molecule has 0 aliphatic carbocycles. The molecule has 1 aliphatic heterocycles. The maximum Gasteiger partial charge on any atom is 0.291 e. The molecule has 0 saturated carbocycles. The van der Waals surface area contributed by atoms with E-state index in [-0.39, 0.29) is 11.6 Å². The van der Waals surface area contributed by atoms with E-state index in [0.717, 1.165) is 5.56 Å². The maximum atomic E-state index is 14.3. The molecule has 0 amide bonds. The van der Waals surface area contributed by atoms with Gasteiger partial charge in [-0.15, -0.1) is 0 Å². The van der Waals surface area contributed by atoms with Crippen LogP contribution >= 0.6 is 0 Å². The smallest absolute Gasteiger partial charge is 0.291 e. The molecule has 1 atom stereocenters. The number of rotatable bonds is 4. The summed E-state index contributed by atoms with van der Waals surface area (Å²) in [5.74, 6) is 1.60. The van der Waals surface area contributed by atoms with E-state index in [9.17, 15) is 23.3 Å². The number of nitrogens with zero attached hydrogens (tertiary/aromatic N) is 1. The Morgan fingerprint density at radius 2 is 1.75 bits per heavy atom. The highest BCUT2D eigenvalue weighted by atomic mass is 19.2. The van der Waals surface area contributed by atoms with Gasteiger partial charge in [0.15, 0.2) is 11.6 Å². The minimum Gasteiger partial charge on any atom is -0.474 e. The summed E-state index contributed by atoms with van der Waals surface area (Å²) in [5.41, 5.74) is 3.53. The average molecular weight is 440 g/mol. The first-order chi connectivity index (χ1) is 15.3. The molecule has 0 spiro atoms. The van der Waals surface area contributed by atoms with Crippen LogP contribution in [0, 0.1) is 33.0 Å². The molecule has 3 aromatic rings. The number of hydrazine groups is 1. The van der Waals surface area contributed by atoms with Gasteiger partial charge in [-0.2, -0.15) is 0 Å². The Hall–Kier alpha value is -4.18. The molecule has 3 aromatic carbocycles. The van der Waals surface area contributed by atoms with Crippen LogP contribution < -0.4 is 16.0 Å². The van der Waals surface area contributed by atoms with Crippen LogP contribution in [0.2, 0.25) is 0 Å². The summed E-state index contributed by atoms with van der Waals surface area (Å²) in [4.78, 5) is 10.9. The highest BCUT2D eigenvalue weighted by Gasteiger charge is 2.36. The fourth-order valence-corrected chi connectivity index (χ4v) is 3.42. The Morgan fingerprint density at radius 1 is 1.03 bits per heavy atom. The Morgan fingerprint density at radius 3 is 2.47 bits per heavy atom. The summed E-state index contributed by atoms with van der Waals surface area (Å²) < 4.78 is 46.9. The van der Waals surface area contributed by atoms with Crippen LogP contribution in [0.1, 0.15) is 22.8 Å². The second kappa shape index (κ2) is 8.16. The van der Waals surface area contributed by atoms with Gasteiger partial charge >= 0.3 is 0 Å². The minimum atomic E-state index is -1.56. The van der Waals surface area contributed by atoms with Gasteiger partial charge in [-0.25, -0.2) is 19.0 Å². The number of amidine groups is 1. The maximum absolute atomic E-state index is 14.3. The van der Waals surface area contributed by atoms with Gasteiger partial charge in [0.25, 0.3) is 5.70 Å². The molecule has 32 heavy (non-hydrogen) atoms. The van der Waals surface area contributed by atoms with Gasteiger partial charge in [0.2, 0.25) is 6.10 Å². The van der Waals surface area contributed by atoms with E-state index in [1.54, 1.807) is 42.5 Å². The predicted octanol–water partition coefficient (Wildman–Crippen LogP) is 4.31. The van der Waals surface area contributed by atoms with E-state index in [4.69, 9.17) is 16.0 Å². The molecule has 0 bridgehead atoms. The van der Waals surface area contributed by atoms with Gasteiger partial charge in [-0.1, -0.05) is 24.3 Å². The number of benzene rings is 3. The van der Waals surface area contributed by atoms with Crippen molar-refractivity contribution in [3.8, 4) is 16.9 Å². The zero-order valence-electron chi connectivity index (χ0n) is 16.2. The van der Waals surface area contributed by atoms with Crippen LogP contribution in [-0.2, 0) is 0 Å². The Balaban J connectivity index is 1.77. The molecule has 1 unspecified atom stereocenters. The van der Waals surface area contributed by atoms with E-state index in [1.807, 2.05) is 0 Å². The lowest BCUT2D eigenvalue weighted by Gasteiger charge is -2.23. The summed E-state index contributed by atoms with van der Waals surface area (Å²) >= 11 is 0. The van der Waals surface area contributed by atoms with Gasteiger partial charge < -0.3 is 10.2 Å². The molecule has 0 aromatic heterocycles. The van der Waals surface area contributed by atoms with Crippen molar-refractivity contribution >= 4 is 11.9 Å². The summed E-state index contributed by atoms with van der Waals surface area (Å²) in [6.45, 7) is 0. The lowest BCUT2D eigenvalue weighted by Crippen LogP contribution is -2.29. The van der Waals surface area contributed by atoms with Crippen molar-refractivity contribution < 1.29 is 22.8 Å². The van der Waals surface area contributed by atoms with E-state index in [1.165, 1.54) is 6.08 Å². The van der Waals surface area contributed by atoms with Gasteiger partial charge in [-0.05, 0) is 35.4 Å². The van der Waals surface area contributed by atoms with Gasteiger partial charge in [0.1, 0.15) is 17.4 Å². The van der Waals surface area contributed by atoms with E-state index in [0.29, 0.717) is 28.8 Å². The van der Waals surface area contributed by atoms with Crippen molar-refractivity contribution in [1.29, 1.82) is 5.41 Å². The van der Waals surface area contributed by atoms with E-state index < -0.39 is 39.7 Å². The minimum absolute atomic E-state index is 0.0140. The standard InChI is InChI=1S/C22H15F3N4O3/c23-16-10-18(25)17(24)9-15(16)21-19(29(30)31)8-14-7-12(4-5-20(14)32-21)11-2-1-3-13(6-11)22(26)28-27/h1-10,21H,27H2,(H2,26,28). The van der Waals surface area contributed by atoms with E-state index in [2.05, 4.69) is 5.43 Å². The second-order valence-electron chi connectivity index (χ2n) is 6.96. The second-order valence-corrected chi connectivity index (χ2v) is 6.96. The van der Waals surface area contributed by atoms with Crippen LogP contribution in [0.5, 0.6) is 5.75 Å². The molecule has 10 heteroatoms. The molecule has 4 N–H and O–H groups in total. The number of hydrogen-bond donors (Lipinski definition) is 3. The average Bonchev–Trinajstić information content (AvgIpc) is 2.79. The summed E-state index contributed by atoms with van der Waals surface area (Å²) in [6.07, 6.45) is -0.348. The lowest BCUT2D eigenvalue weighted by molar-refractivity contribution is -0.434. The molecular formula is C22H15F3N4O3. The van der Waals surface area contributed by atoms with Crippen LogP contribution in [0.3, 0.4) is 0 Å². The van der Waals surface area contributed by atoms with Crippen molar-refractivity contribution in [1.82, 2.24) is 5.43 Å². The molecule has 0 saturated heterocycles. The van der Waals surface area contributed by atoms with Crippen molar-refractivity contribution in [3.05, 3.63) is 105 Å². The molecule has 0 radical (unpaired) electrons. The predicted molar refractivity (Wildman–Crippen MR) is 111 cm³/mol. The molecular weight excluding hydrogens is 425 g/mol. The first kappa shape index (κ1) is 21.1. The van der Waals surface area contributed by atoms with Crippen molar-refractivity contribution in [2.75, 3.05) is 0 Å². The number of nitrogens with two attached hydrogens (primary N) is 1. The monoisotopic (exact) mass is 440 g/mol. The Labute approximate surface area is 179 Å². The summed E-state index contributed by atoms with van der Waals surface area (Å²) in [5, 5.41) is 19.4. The third-order valence-corrected chi connectivity index (χ3v) is 4.99. The summed E-state index contributed by atoms with van der Waals surface area (Å²) in [7, 11) is 0. The number of nitrogens with one attached hydrogen (secondary N) is 2. The Bertz CT molecular complexity index is 1290. The first-order valence-corrected chi connectivity index (χ1v) is 9.25. The highest BCUT2D eigenvalue weighted by molar-refractivity contribution is 5.97. The van der Waals surface area contributed by atoms with E-state index >= 15 is 0 Å². The number of halogens is 3. The van der Waals surface area contributed by atoms with Crippen LogP contribution in [0.25, 0.3) is 17.2 Å². The van der Waals surface area contributed by atoms with Crippen LogP contribution in [-0.4, -0.2) is 10.8 Å². The molecule has 7 nitrogen and oxygen atoms in total. The van der Waals surface area contributed by atoms with Crippen LogP contribution in [0.15, 0.2) is 60.3 Å². The quantitative estimate of drug-likeness (QED) is 0.140. The fourth-order valence-electron chi connectivity index (χ4n) is 3.42. The molecule has 4 rings (SSSR count). The number of fused-ring (bicyclic) bond motifs is 1. The fraction of sp³-hybridized carbons (Fsp3) is 0.0455. The topological polar surface area (TPSA) is 114 Å². The SMILES string of the molecule is N=C(NN)c1cccc(-c2ccc3c(c2)C=C([N+](=O)[O-])C(c2cc(F)c(F)cc2F)O3)c1. The Kier molecular flexibility index (Phi) is 5.37. The molecule has 162 valence electrons.